The number of benzene rings is 1. The quantitative estimate of drug-likeness (QED) is 0.795. The van der Waals surface area contributed by atoms with Gasteiger partial charge in [-0.15, -0.1) is 0 Å². The standard InChI is InChI=1S/C15H14ClN3O2/c1-15(2)12(10-6-4-3-5-7-10)19(14(20)21-15)11-8-9-17-13(16)18-11/h3-9,12H,1-2H3. The molecule has 1 fully saturated rings. The van der Waals surface area contributed by atoms with Crippen LogP contribution in [0.5, 0.6) is 0 Å². The summed E-state index contributed by atoms with van der Waals surface area (Å²) in [6, 6.07) is 11.1. The third-order valence-electron chi connectivity index (χ3n) is 3.44. The van der Waals surface area contributed by atoms with Crippen LogP contribution in [0.2, 0.25) is 5.28 Å². The second-order valence-electron chi connectivity index (χ2n) is 5.34. The van der Waals surface area contributed by atoms with Gasteiger partial charge < -0.3 is 4.74 Å². The molecule has 0 N–H and O–H groups in total. The molecule has 2 aromatic rings. The predicted molar refractivity (Wildman–Crippen MR) is 79.3 cm³/mol. The smallest absolute Gasteiger partial charge is 0.416 e. The second kappa shape index (κ2) is 5.00. The molecule has 1 aromatic heterocycles. The molecular weight excluding hydrogens is 290 g/mol. The largest absolute Gasteiger partial charge is 0.440 e. The Bertz CT molecular complexity index is 676. The van der Waals surface area contributed by atoms with Crippen LogP contribution in [-0.2, 0) is 4.74 Å². The lowest BCUT2D eigenvalue weighted by atomic mass is 9.91. The van der Waals surface area contributed by atoms with Gasteiger partial charge >= 0.3 is 6.09 Å². The summed E-state index contributed by atoms with van der Waals surface area (Å²) in [4.78, 5) is 21.8. The number of ether oxygens (including phenoxy) is 1. The third-order valence-corrected chi connectivity index (χ3v) is 3.62. The van der Waals surface area contributed by atoms with Gasteiger partial charge in [0.05, 0.1) is 0 Å². The Hall–Kier alpha value is -2.14. The van der Waals surface area contributed by atoms with Crippen molar-refractivity contribution in [3.05, 3.63) is 53.4 Å². The monoisotopic (exact) mass is 303 g/mol. The fraction of sp³-hybridized carbons (Fsp3) is 0.267. The fourth-order valence-corrected chi connectivity index (χ4v) is 2.76. The van der Waals surface area contributed by atoms with Gasteiger partial charge in [-0.25, -0.2) is 19.7 Å². The van der Waals surface area contributed by atoms with Gasteiger partial charge in [0.2, 0.25) is 5.28 Å². The first kappa shape index (κ1) is 13.8. The molecule has 0 saturated carbocycles. The first-order valence-electron chi connectivity index (χ1n) is 6.55. The van der Waals surface area contributed by atoms with E-state index in [-0.39, 0.29) is 11.3 Å². The van der Waals surface area contributed by atoms with Crippen LogP contribution in [0.15, 0.2) is 42.6 Å². The van der Waals surface area contributed by atoms with E-state index < -0.39 is 11.7 Å². The summed E-state index contributed by atoms with van der Waals surface area (Å²) in [5.74, 6) is 0.430. The molecule has 21 heavy (non-hydrogen) atoms. The Morgan fingerprint density at radius 3 is 2.62 bits per heavy atom. The number of aromatic nitrogens is 2. The summed E-state index contributed by atoms with van der Waals surface area (Å²) in [7, 11) is 0. The molecule has 1 amide bonds. The van der Waals surface area contributed by atoms with E-state index in [1.807, 2.05) is 44.2 Å². The van der Waals surface area contributed by atoms with Gasteiger partial charge in [0, 0.05) is 6.20 Å². The number of halogens is 1. The molecular formula is C15H14ClN3O2. The van der Waals surface area contributed by atoms with E-state index in [4.69, 9.17) is 16.3 Å². The van der Waals surface area contributed by atoms with Crippen molar-refractivity contribution in [2.45, 2.75) is 25.5 Å². The topological polar surface area (TPSA) is 55.3 Å². The van der Waals surface area contributed by atoms with Crippen LogP contribution < -0.4 is 4.90 Å². The first-order valence-corrected chi connectivity index (χ1v) is 6.92. The average Bonchev–Trinajstić information content (AvgIpc) is 2.69. The SMILES string of the molecule is CC1(C)OC(=O)N(c2ccnc(Cl)n2)C1c1ccccc1. The summed E-state index contributed by atoms with van der Waals surface area (Å²) in [6.45, 7) is 3.76. The Balaban J connectivity index is 2.11. The zero-order chi connectivity index (χ0) is 15.0. The molecule has 0 radical (unpaired) electrons. The highest BCUT2D eigenvalue weighted by Gasteiger charge is 2.49. The molecule has 1 aromatic carbocycles. The van der Waals surface area contributed by atoms with Crippen LogP contribution in [0.3, 0.4) is 0 Å². The number of carbonyl (C=O) groups excluding carboxylic acids is 1. The number of anilines is 1. The van der Waals surface area contributed by atoms with Crippen LogP contribution in [0.4, 0.5) is 10.6 Å². The lowest BCUT2D eigenvalue weighted by Gasteiger charge is -2.28. The Morgan fingerprint density at radius 2 is 1.95 bits per heavy atom. The lowest BCUT2D eigenvalue weighted by molar-refractivity contribution is 0.0685. The lowest BCUT2D eigenvalue weighted by Crippen LogP contribution is -2.34. The molecule has 5 nitrogen and oxygen atoms in total. The van der Waals surface area contributed by atoms with E-state index in [1.54, 1.807) is 6.07 Å². The third kappa shape index (κ3) is 2.45. The molecule has 0 aliphatic carbocycles. The molecule has 0 bridgehead atoms. The van der Waals surface area contributed by atoms with Gasteiger partial charge in [-0.2, -0.15) is 0 Å². The number of hydrogen-bond donors (Lipinski definition) is 0. The van der Waals surface area contributed by atoms with Crippen molar-refractivity contribution in [1.29, 1.82) is 0 Å². The van der Waals surface area contributed by atoms with E-state index >= 15 is 0 Å². The summed E-state index contributed by atoms with van der Waals surface area (Å²) in [5, 5.41) is 0.0943. The molecule has 108 valence electrons. The van der Waals surface area contributed by atoms with Crippen molar-refractivity contribution < 1.29 is 9.53 Å². The number of cyclic esters (lactones) is 1. The van der Waals surface area contributed by atoms with Gasteiger partial charge in [-0.05, 0) is 37.1 Å². The number of nitrogens with zero attached hydrogens (tertiary/aromatic N) is 3. The van der Waals surface area contributed by atoms with Crippen molar-refractivity contribution in [3.8, 4) is 0 Å². The van der Waals surface area contributed by atoms with E-state index in [0.717, 1.165) is 5.56 Å². The zero-order valence-corrected chi connectivity index (χ0v) is 12.4. The Labute approximate surface area is 127 Å². The van der Waals surface area contributed by atoms with Crippen molar-refractivity contribution in [2.24, 2.45) is 0 Å². The molecule has 1 atom stereocenters. The van der Waals surface area contributed by atoms with Gasteiger partial charge in [0.15, 0.2) is 0 Å². The van der Waals surface area contributed by atoms with Crippen LogP contribution in [0.1, 0.15) is 25.5 Å². The maximum Gasteiger partial charge on any atom is 0.416 e. The van der Waals surface area contributed by atoms with Crippen LogP contribution in [0, 0.1) is 0 Å². The summed E-state index contributed by atoms with van der Waals surface area (Å²) >= 11 is 5.83. The molecule has 1 aliphatic rings. The maximum absolute atomic E-state index is 12.3. The molecule has 6 heteroatoms. The minimum Gasteiger partial charge on any atom is -0.440 e. The molecule has 2 heterocycles. The van der Waals surface area contributed by atoms with E-state index in [1.165, 1.54) is 11.1 Å². The highest BCUT2D eigenvalue weighted by Crippen LogP contribution is 2.43. The molecule has 1 aliphatic heterocycles. The fourth-order valence-electron chi connectivity index (χ4n) is 2.62. The predicted octanol–water partition coefficient (Wildman–Crippen LogP) is 3.61. The summed E-state index contributed by atoms with van der Waals surface area (Å²) in [6.07, 6.45) is 1.08. The highest BCUT2D eigenvalue weighted by molar-refractivity contribution is 6.28. The average molecular weight is 304 g/mol. The van der Waals surface area contributed by atoms with Crippen molar-refractivity contribution >= 4 is 23.5 Å². The molecule has 3 rings (SSSR count). The van der Waals surface area contributed by atoms with Crippen molar-refractivity contribution in [1.82, 2.24) is 9.97 Å². The maximum atomic E-state index is 12.3. The Morgan fingerprint density at radius 1 is 1.24 bits per heavy atom. The van der Waals surface area contributed by atoms with E-state index in [9.17, 15) is 4.79 Å². The van der Waals surface area contributed by atoms with Crippen molar-refractivity contribution in [2.75, 3.05) is 4.90 Å². The zero-order valence-electron chi connectivity index (χ0n) is 11.7. The van der Waals surface area contributed by atoms with Crippen LogP contribution in [-0.4, -0.2) is 21.7 Å². The van der Waals surface area contributed by atoms with E-state index in [2.05, 4.69) is 9.97 Å². The Kier molecular flexibility index (Phi) is 3.29. The summed E-state index contributed by atoms with van der Waals surface area (Å²) in [5.41, 5.74) is 0.304. The molecule has 0 spiro atoms. The molecule has 1 unspecified atom stereocenters. The van der Waals surface area contributed by atoms with Crippen molar-refractivity contribution in [3.63, 3.8) is 0 Å². The van der Waals surface area contributed by atoms with Gasteiger partial charge in [0.1, 0.15) is 17.5 Å². The first-order chi connectivity index (χ1) is 9.99. The normalized spacial score (nSPS) is 20.4. The van der Waals surface area contributed by atoms with Crippen LogP contribution in [0.25, 0.3) is 0 Å². The van der Waals surface area contributed by atoms with Gasteiger partial charge in [0.25, 0.3) is 0 Å². The minimum atomic E-state index is -0.671. The van der Waals surface area contributed by atoms with Gasteiger partial charge in [-0.3, -0.25) is 0 Å². The minimum absolute atomic E-state index is 0.0943. The van der Waals surface area contributed by atoms with E-state index in [0.29, 0.717) is 5.82 Å². The number of amides is 1. The highest BCUT2D eigenvalue weighted by atomic mass is 35.5. The second-order valence-corrected chi connectivity index (χ2v) is 5.68. The number of hydrogen-bond acceptors (Lipinski definition) is 4. The van der Waals surface area contributed by atoms with Crippen LogP contribution >= 0.6 is 11.6 Å². The molecule has 1 saturated heterocycles. The summed E-state index contributed by atoms with van der Waals surface area (Å²) < 4.78 is 5.51. The number of carbonyl (C=O) groups is 1. The van der Waals surface area contributed by atoms with Gasteiger partial charge in [-0.1, -0.05) is 30.3 Å². The number of rotatable bonds is 2.